The van der Waals surface area contributed by atoms with E-state index in [1.54, 1.807) is 29.8 Å². The Bertz CT molecular complexity index is 975. The Hall–Kier alpha value is -2.65. The number of nitrogens with one attached hydrogen (secondary N) is 2. The van der Waals surface area contributed by atoms with Crippen molar-refractivity contribution in [2.45, 2.75) is 25.5 Å². The number of hydrogen-bond acceptors (Lipinski definition) is 7. The molecule has 0 unspecified atom stereocenters. The van der Waals surface area contributed by atoms with Crippen LogP contribution in [0.25, 0.3) is 11.0 Å². The van der Waals surface area contributed by atoms with Gasteiger partial charge in [0.2, 0.25) is 0 Å². The molecule has 1 amide bonds. The second kappa shape index (κ2) is 10.2. The molecule has 3 rings (SSSR count). The maximum absolute atomic E-state index is 12.3. The first kappa shape index (κ1) is 21.1. The highest BCUT2D eigenvalue weighted by atomic mass is 32.2. The number of aryl methyl sites for hydroxylation is 1. The Labute approximate surface area is 174 Å². The molecule has 0 spiro atoms. The van der Waals surface area contributed by atoms with E-state index < -0.39 is 0 Å². The minimum absolute atomic E-state index is 0.0936. The van der Waals surface area contributed by atoms with Gasteiger partial charge in [-0.1, -0.05) is 36.4 Å². The molecule has 2 aromatic heterocycles. The number of benzene rings is 1. The monoisotopic (exact) mass is 414 g/mol. The van der Waals surface area contributed by atoms with Crippen molar-refractivity contribution in [3.05, 3.63) is 41.6 Å². The Morgan fingerprint density at radius 1 is 1.28 bits per heavy atom. The second-order valence-electron chi connectivity index (χ2n) is 6.44. The maximum Gasteiger partial charge on any atom is 0.251 e. The van der Waals surface area contributed by atoms with Crippen LogP contribution in [0.4, 0.5) is 5.82 Å². The zero-order valence-corrected chi connectivity index (χ0v) is 17.8. The zero-order valence-electron chi connectivity index (χ0n) is 16.9. The number of thioether (sulfide) groups is 1. The summed E-state index contributed by atoms with van der Waals surface area (Å²) in [5.74, 6) is 1.53. The molecule has 1 aromatic carbocycles. The van der Waals surface area contributed by atoms with Crippen LogP contribution in [0.1, 0.15) is 22.8 Å². The highest BCUT2D eigenvalue weighted by Gasteiger charge is 2.13. The molecule has 154 valence electrons. The van der Waals surface area contributed by atoms with Crippen LogP contribution in [-0.2, 0) is 11.3 Å². The van der Waals surface area contributed by atoms with Gasteiger partial charge in [-0.2, -0.15) is 5.10 Å². The van der Waals surface area contributed by atoms with E-state index >= 15 is 0 Å². The molecule has 0 aliphatic carbocycles. The molecule has 8 nitrogen and oxygen atoms in total. The number of rotatable bonds is 10. The molecular formula is C20H26N6O2S. The summed E-state index contributed by atoms with van der Waals surface area (Å²) >= 11 is 1.58. The smallest absolute Gasteiger partial charge is 0.251 e. The Kier molecular flexibility index (Phi) is 7.42. The van der Waals surface area contributed by atoms with Gasteiger partial charge in [-0.05, 0) is 24.8 Å². The average molecular weight is 415 g/mol. The van der Waals surface area contributed by atoms with Gasteiger partial charge in [0.05, 0.1) is 24.7 Å². The molecule has 9 heteroatoms. The van der Waals surface area contributed by atoms with Gasteiger partial charge in [0.1, 0.15) is 5.82 Å². The number of methoxy groups -OCH3 is 1. The van der Waals surface area contributed by atoms with Gasteiger partial charge in [-0.15, -0.1) is 0 Å². The Balaban J connectivity index is 1.72. The number of amides is 1. The van der Waals surface area contributed by atoms with Crippen LogP contribution in [0.2, 0.25) is 0 Å². The van der Waals surface area contributed by atoms with E-state index in [0.29, 0.717) is 37.0 Å². The maximum atomic E-state index is 12.3. The van der Waals surface area contributed by atoms with Crippen LogP contribution in [0.15, 0.2) is 35.6 Å². The highest BCUT2D eigenvalue weighted by Crippen LogP contribution is 2.24. The predicted octanol–water partition coefficient (Wildman–Crippen LogP) is 2.74. The lowest BCUT2D eigenvalue weighted by molar-refractivity contribution is 0.0952. The summed E-state index contributed by atoms with van der Waals surface area (Å²) in [4.78, 5) is 21.6. The van der Waals surface area contributed by atoms with E-state index in [0.717, 1.165) is 28.2 Å². The highest BCUT2D eigenvalue weighted by molar-refractivity contribution is 7.99. The summed E-state index contributed by atoms with van der Waals surface area (Å²) in [5, 5.41) is 12.2. The van der Waals surface area contributed by atoms with Crippen molar-refractivity contribution in [3.8, 4) is 0 Å². The van der Waals surface area contributed by atoms with Crippen LogP contribution in [0.3, 0.4) is 0 Å². The number of hydrogen-bond donors (Lipinski definition) is 2. The van der Waals surface area contributed by atoms with Crippen LogP contribution >= 0.6 is 11.8 Å². The van der Waals surface area contributed by atoms with Gasteiger partial charge in [0.25, 0.3) is 5.91 Å². The van der Waals surface area contributed by atoms with E-state index in [4.69, 9.17) is 4.74 Å². The fourth-order valence-electron chi connectivity index (χ4n) is 2.86. The molecule has 0 radical (unpaired) electrons. The van der Waals surface area contributed by atoms with Gasteiger partial charge < -0.3 is 15.4 Å². The first-order chi connectivity index (χ1) is 14.1. The lowest BCUT2D eigenvalue weighted by Crippen LogP contribution is -2.27. The summed E-state index contributed by atoms with van der Waals surface area (Å²) in [6.07, 6.45) is 1.76. The van der Waals surface area contributed by atoms with Crippen LogP contribution in [0.5, 0.6) is 0 Å². The summed E-state index contributed by atoms with van der Waals surface area (Å²) in [6.45, 7) is 6.24. The van der Waals surface area contributed by atoms with Crippen molar-refractivity contribution in [1.29, 1.82) is 0 Å². The van der Waals surface area contributed by atoms with Crippen molar-refractivity contribution in [1.82, 2.24) is 25.1 Å². The number of ether oxygens (including phenoxy) is 1. The van der Waals surface area contributed by atoms with Gasteiger partial charge in [-0.25, -0.2) is 14.6 Å². The topological polar surface area (TPSA) is 94.0 Å². The van der Waals surface area contributed by atoms with Crippen molar-refractivity contribution in [2.75, 3.05) is 37.9 Å². The molecule has 29 heavy (non-hydrogen) atoms. The molecule has 0 fully saturated rings. The minimum atomic E-state index is -0.0936. The summed E-state index contributed by atoms with van der Waals surface area (Å²) < 4.78 is 6.91. The van der Waals surface area contributed by atoms with Crippen LogP contribution < -0.4 is 10.6 Å². The van der Waals surface area contributed by atoms with E-state index in [1.807, 2.05) is 31.2 Å². The quantitative estimate of drug-likeness (QED) is 0.299. The third kappa shape index (κ3) is 5.45. The molecule has 0 atom stereocenters. The normalized spacial score (nSPS) is 11.0. The molecule has 2 N–H and O–H groups in total. The molecule has 2 heterocycles. The molecular weight excluding hydrogens is 388 g/mol. The van der Waals surface area contributed by atoms with Crippen molar-refractivity contribution in [2.24, 2.45) is 0 Å². The second-order valence-corrected chi connectivity index (χ2v) is 7.67. The molecule has 0 saturated carbocycles. The van der Waals surface area contributed by atoms with Gasteiger partial charge in [0.15, 0.2) is 10.8 Å². The van der Waals surface area contributed by atoms with Gasteiger partial charge in [0, 0.05) is 25.8 Å². The first-order valence-corrected chi connectivity index (χ1v) is 10.5. The van der Waals surface area contributed by atoms with Crippen LogP contribution in [-0.4, -0.2) is 58.2 Å². The third-order valence-electron chi connectivity index (χ3n) is 4.24. The summed E-state index contributed by atoms with van der Waals surface area (Å²) in [6, 6.07) is 7.53. The molecule has 0 bridgehead atoms. The molecule has 0 aliphatic heterocycles. The first-order valence-electron chi connectivity index (χ1n) is 9.56. The number of anilines is 1. The fourth-order valence-corrected chi connectivity index (χ4v) is 3.43. The fraction of sp³-hybridized carbons (Fsp3) is 0.400. The minimum Gasteiger partial charge on any atom is -0.383 e. The van der Waals surface area contributed by atoms with E-state index in [-0.39, 0.29) is 5.91 Å². The molecule has 0 aliphatic rings. The lowest BCUT2D eigenvalue weighted by Gasteiger charge is -2.09. The van der Waals surface area contributed by atoms with E-state index in [9.17, 15) is 4.79 Å². The Morgan fingerprint density at radius 3 is 2.90 bits per heavy atom. The van der Waals surface area contributed by atoms with E-state index in [1.165, 1.54) is 0 Å². The van der Waals surface area contributed by atoms with Crippen LogP contribution in [0, 0.1) is 6.92 Å². The van der Waals surface area contributed by atoms with Crippen molar-refractivity contribution < 1.29 is 9.53 Å². The number of aromatic nitrogens is 4. The molecule has 0 saturated heterocycles. The number of carbonyl (C=O) groups excluding carboxylic acids is 1. The SMILES string of the molecule is CCSc1nc(NCCOC)c2cnn(CCNC(=O)c3cccc(C)c3)c2n1. The van der Waals surface area contributed by atoms with Crippen molar-refractivity contribution >= 4 is 34.5 Å². The number of carbonyl (C=O) groups is 1. The van der Waals surface area contributed by atoms with Gasteiger partial charge >= 0.3 is 0 Å². The largest absolute Gasteiger partial charge is 0.383 e. The average Bonchev–Trinajstić information content (AvgIpc) is 3.11. The van der Waals surface area contributed by atoms with Crippen molar-refractivity contribution in [3.63, 3.8) is 0 Å². The Morgan fingerprint density at radius 2 is 2.14 bits per heavy atom. The lowest BCUT2D eigenvalue weighted by atomic mass is 10.1. The number of fused-ring (bicyclic) bond motifs is 1. The summed E-state index contributed by atoms with van der Waals surface area (Å²) in [5.41, 5.74) is 2.46. The number of nitrogens with zero attached hydrogens (tertiary/aromatic N) is 4. The summed E-state index contributed by atoms with van der Waals surface area (Å²) in [7, 11) is 1.67. The predicted molar refractivity (Wildman–Crippen MR) is 116 cm³/mol. The van der Waals surface area contributed by atoms with Gasteiger partial charge in [-0.3, -0.25) is 4.79 Å². The molecule has 3 aromatic rings. The standard InChI is InChI=1S/C20H26N6O2S/c1-4-29-20-24-17(21-9-11-28-3)16-13-23-26(18(16)25-20)10-8-22-19(27)15-7-5-6-14(2)12-15/h5-7,12-13H,4,8-11H2,1-3H3,(H,22,27)(H,21,24,25). The zero-order chi connectivity index (χ0) is 20.6. The third-order valence-corrected chi connectivity index (χ3v) is 4.97. The van der Waals surface area contributed by atoms with E-state index in [2.05, 4.69) is 32.6 Å².